The van der Waals surface area contributed by atoms with E-state index in [1.807, 2.05) is 5.32 Å². The number of carbonyl (C=O) groups excluding carboxylic acids is 3. The van der Waals surface area contributed by atoms with Gasteiger partial charge in [0.25, 0.3) is 11.3 Å². The molecule has 0 aliphatic rings. The molecule has 1 heterocycles. The highest BCUT2D eigenvalue weighted by atomic mass is 19.4. The number of benzene rings is 2. The molecule has 1 unspecified atom stereocenters. The van der Waals surface area contributed by atoms with Crippen LogP contribution >= 0.6 is 0 Å². The van der Waals surface area contributed by atoms with Crippen LogP contribution in [0.15, 0.2) is 65.5 Å². The summed E-state index contributed by atoms with van der Waals surface area (Å²) < 4.78 is 93.8. The summed E-state index contributed by atoms with van der Waals surface area (Å²) in [7, 11) is 0. The number of halogens is 7. The average Bonchev–Trinajstić information content (AvgIpc) is 2.90. The van der Waals surface area contributed by atoms with Crippen molar-refractivity contribution in [2.75, 3.05) is 4.90 Å². The number of amides is 2. The van der Waals surface area contributed by atoms with Gasteiger partial charge in [-0.1, -0.05) is 56.3 Å². The first-order valence-electron chi connectivity index (χ1n) is 12.3. The minimum Gasteiger partial charge on any atom is -0.345 e. The van der Waals surface area contributed by atoms with Gasteiger partial charge in [0.2, 0.25) is 5.91 Å². The second kappa shape index (κ2) is 12.6. The van der Waals surface area contributed by atoms with E-state index < -0.39 is 77.5 Å². The first-order valence-corrected chi connectivity index (χ1v) is 12.3. The Hall–Kier alpha value is -4.49. The second-order valence-electron chi connectivity index (χ2n) is 9.60. The monoisotopic (exact) mass is 599 g/mol. The normalized spacial score (nSPS) is 12.6. The predicted molar refractivity (Wildman–Crippen MR) is 138 cm³/mol. The highest BCUT2D eigenvalue weighted by molar-refractivity contribution is 5.99. The quantitative estimate of drug-likeness (QED) is 0.335. The minimum absolute atomic E-state index is 0.00779. The van der Waals surface area contributed by atoms with E-state index in [4.69, 9.17) is 0 Å². The molecule has 0 spiro atoms. The summed E-state index contributed by atoms with van der Waals surface area (Å²) in [5.74, 6) is -7.70. The summed E-state index contributed by atoms with van der Waals surface area (Å²) in [5.41, 5.74) is -2.18. The van der Waals surface area contributed by atoms with Crippen LogP contribution in [0.4, 0.5) is 36.4 Å². The molecule has 3 rings (SSSR count). The van der Waals surface area contributed by atoms with Gasteiger partial charge in [-0.3, -0.25) is 24.1 Å². The number of rotatable bonds is 9. The number of Topliss-reactive ketones (excluding diaryl/α,β-unsaturated/α-hetero) is 1. The number of anilines is 1. The number of nitrogens with one attached hydrogen (secondary N) is 2. The van der Waals surface area contributed by atoms with Crippen molar-refractivity contribution < 1.29 is 45.1 Å². The molecule has 1 aromatic heterocycles. The largest absolute Gasteiger partial charge is 0.471 e. The van der Waals surface area contributed by atoms with E-state index in [1.165, 1.54) is 26.0 Å². The number of hydrogen-bond donors (Lipinski definition) is 2. The van der Waals surface area contributed by atoms with E-state index in [0.29, 0.717) is 5.56 Å². The Morgan fingerprint density at radius 2 is 1.50 bits per heavy atom. The van der Waals surface area contributed by atoms with Crippen LogP contribution in [0.25, 0.3) is 11.3 Å². The predicted octanol–water partition coefficient (Wildman–Crippen LogP) is 5.09. The van der Waals surface area contributed by atoms with E-state index in [2.05, 4.69) is 4.98 Å². The van der Waals surface area contributed by atoms with E-state index in [0.717, 1.165) is 30.3 Å². The van der Waals surface area contributed by atoms with E-state index in [1.54, 1.807) is 18.2 Å². The summed E-state index contributed by atoms with van der Waals surface area (Å²) in [4.78, 5) is 53.1. The van der Waals surface area contributed by atoms with E-state index in [-0.39, 0.29) is 16.2 Å². The van der Waals surface area contributed by atoms with Crippen molar-refractivity contribution in [1.29, 1.82) is 0 Å². The highest BCUT2D eigenvalue weighted by Gasteiger charge is 2.46. The SMILES string of the molecule is CC(C)C(NC(=O)Cc1cc(-c2ccccc2)[nH]c(=O)c1N(Cc1ccc(F)cc1)C(=O)C(F)(F)F)C(=O)C(F)(F)F. The molecular formula is C28H24F7N3O4. The Labute approximate surface area is 234 Å². The van der Waals surface area contributed by atoms with Crippen LogP contribution in [0.3, 0.4) is 0 Å². The minimum atomic E-state index is -5.49. The summed E-state index contributed by atoms with van der Waals surface area (Å²) in [6.45, 7) is 1.61. The highest BCUT2D eigenvalue weighted by Crippen LogP contribution is 2.29. The number of hydrogen-bond acceptors (Lipinski definition) is 4. The van der Waals surface area contributed by atoms with Crippen LogP contribution in [0.5, 0.6) is 0 Å². The van der Waals surface area contributed by atoms with E-state index in [9.17, 15) is 49.9 Å². The Morgan fingerprint density at radius 3 is 2.02 bits per heavy atom. The smallest absolute Gasteiger partial charge is 0.345 e. The molecule has 2 aromatic carbocycles. The number of pyridine rings is 1. The summed E-state index contributed by atoms with van der Waals surface area (Å²) in [6.07, 6.45) is -11.8. The number of aromatic nitrogens is 1. The zero-order chi connectivity index (χ0) is 31.4. The molecule has 3 aromatic rings. The molecule has 0 radical (unpaired) electrons. The van der Waals surface area contributed by atoms with Gasteiger partial charge in [0, 0.05) is 5.69 Å². The van der Waals surface area contributed by atoms with Gasteiger partial charge in [0.15, 0.2) is 0 Å². The fourth-order valence-corrected chi connectivity index (χ4v) is 4.10. The van der Waals surface area contributed by atoms with Crippen molar-refractivity contribution in [1.82, 2.24) is 10.3 Å². The van der Waals surface area contributed by atoms with Gasteiger partial charge in [-0.25, -0.2) is 4.39 Å². The fraction of sp³-hybridized carbons (Fsp3) is 0.286. The zero-order valence-corrected chi connectivity index (χ0v) is 22.1. The molecule has 7 nitrogen and oxygen atoms in total. The van der Waals surface area contributed by atoms with Crippen LogP contribution in [0.2, 0.25) is 0 Å². The molecule has 2 amide bonds. The summed E-state index contributed by atoms with van der Waals surface area (Å²) in [5, 5.41) is 1.94. The molecule has 0 saturated heterocycles. The van der Waals surface area contributed by atoms with Crippen LogP contribution in [0, 0.1) is 11.7 Å². The van der Waals surface area contributed by atoms with Crippen molar-refractivity contribution in [2.24, 2.45) is 5.92 Å². The van der Waals surface area contributed by atoms with Crippen LogP contribution in [-0.4, -0.2) is 41.0 Å². The molecule has 2 N–H and O–H groups in total. The Morgan fingerprint density at radius 1 is 0.905 bits per heavy atom. The van der Waals surface area contributed by atoms with Gasteiger partial charge in [-0.05, 0) is 40.8 Å². The van der Waals surface area contributed by atoms with Crippen LogP contribution in [0.1, 0.15) is 25.0 Å². The zero-order valence-electron chi connectivity index (χ0n) is 22.1. The number of H-pyrrole nitrogens is 1. The molecule has 0 saturated carbocycles. The van der Waals surface area contributed by atoms with Gasteiger partial charge in [0.05, 0.1) is 19.0 Å². The lowest BCUT2D eigenvalue weighted by molar-refractivity contribution is -0.174. The lowest BCUT2D eigenvalue weighted by Gasteiger charge is -2.26. The molecular weight excluding hydrogens is 575 g/mol. The third kappa shape index (κ3) is 7.83. The maximum absolute atomic E-state index is 13.7. The first-order chi connectivity index (χ1) is 19.5. The standard InChI is InChI=1S/C28H24F7N3O4/c1-15(2)22(24(40)27(30,31)32)37-21(39)13-18-12-20(17-6-4-3-5-7-17)36-25(41)23(18)38(26(42)28(33,34)35)14-16-8-10-19(29)11-9-16/h3-12,15,22H,13-14H2,1-2H3,(H,36,41)(H,37,39). The number of ketones is 1. The fourth-order valence-electron chi connectivity index (χ4n) is 4.10. The van der Waals surface area contributed by atoms with Gasteiger partial charge in [-0.2, -0.15) is 26.3 Å². The molecule has 224 valence electrons. The number of alkyl halides is 6. The Bertz CT molecular complexity index is 1500. The van der Waals surface area contributed by atoms with Gasteiger partial charge in [-0.15, -0.1) is 0 Å². The van der Waals surface area contributed by atoms with Crippen molar-refractivity contribution in [3.63, 3.8) is 0 Å². The average molecular weight is 600 g/mol. The second-order valence-corrected chi connectivity index (χ2v) is 9.60. The number of aromatic amines is 1. The Balaban J connectivity index is 2.16. The molecule has 0 aliphatic heterocycles. The van der Waals surface area contributed by atoms with Crippen LogP contribution < -0.4 is 15.8 Å². The molecule has 0 fully saturated rings. The molecule has 1 atom stereocenters. The summed E-state index contributed by atoms with van der Waals surface area (Å²) in [6, 6.07) is 11.0. The number of nitrogens with zero attached hydrogens (tertiary/aromatic N) is 1. The molecule has 0 aliphatic carbocycles. The maximum Gasteiger partial charge on any atom is 0.471 e. The summed E-state index contributed by atoms with van der Waals surface area (Å²) >= 11 is 0. The van der Waals surface area contributed by atoms with Gasteiger partial charge >= 0.3 is 18.3 Å². The lowest BCUT2D eigenvalue weighted by Crippen LogP contribution is -2.50. The van der Waals surface area contributed by atoms with E-state index >= 15 is 0 Å². The molecule has 14 heteroatoms. The van der Waals surface area contributed by atoms with Crippen LogP contribution in [-0.2, 0) is 27.3 Å². The van der Waals surface area contributed by atoms with Crippen molar-refractivity contribution in [3.05, 3.63) is 88.0 Å². The van der Waals surface area contributed by atoms with Gasteiger partial charge in [0.1, 0.15) is 11.5 Å². The first kappa shape index (κ1) is 32.0. The van der Waals surface area contributed by atoms with Gasteiger partial charge < -0.3 is 10.3 Å². The Kier molecular flexibility index (Phi) is 9.59. The lowest BCUT2D eigenvalue weighted by atomic mass is 9.98. The number of carbonyl (C=O) groups is 3. The molecule has 42 heavy (non-hydrogen) atoms. The van der Waals surface area contributed by atoms with Crippen molar-refractivity contribution in [2.45, 2.75) is 45.2 Å². The van der Waals surface area contributed by atoms with Crippen molar-refractivity contribution in [3.8, 4) is 11.3 Å². The maximum atomic E-state index is 13.7. The topological polar surface area (TPSA) is 99.3 Å². The van der Waals surface area contributed by atoms with Crippen molar-refractivity contribution >= 4 is 23.3 Å². The molecule has 0 bridgehead atoms. The third-order valence-electron chi connectivity index (χ3n) is 6.08. The third-order valence-corrected chi connectivity index (χ3v) is 6.08.